The third-order valence-electron chi connectivity index (χ3n) is 0.0962. The fourth-order valence-electron chi connectivity index (χ4n) is 0. The molecule has 0 amide bonds. The van der Waals surface area contributed by atoms with Gasteiger partial charge in [-0.05, 0) is 11.1 Å². The minimum Gasteiger partial charge on any atom is -0.768 e. The molecule has 6 heavy (non-hydrogen) atoms. The van der Waals surface area contributed by atoms with Crippen molar-refractivity contribution in [2.24, 2.45) is 0 Å². The zero-order chi connectivity index (χ0) is 4.28. The normalized spacial score (nSPS) is 11.5. The maximum atomic E-state index is 9.12. The fraction of sp³-hybridized carbons (Fsp3) is 0. The summed E-state index contributed by atoms with van der Waals surface area (Å²) in [6, 6.07) is 0. The molecule has 0 fully saturated rings. The van der Waals surface area contributed by atoms with E-state index in [0.29, 0.717) is 5.55 Å². The standard InChI is InChI=1S/CH3NO2S.Ag/c2-1-5(3)4;/h1-2H,(H,3,4);/p-1. The van der Waals surface area contributed by atoms with E-state index in [1.807, 2.05) is 0 Å². The zero-order valence-corrected chi connectivity index (χ0v) is 4.90. The van der Waals surface area contributed by atoms with Crippen molar-refractivity contribution in [2.75, 3.05) is 0 Å². The van der Waals surface area contributed by atoms with Crippen LogP contribution < -0.4 is 0 Å². The Hall–Kier alpha value is 0.520. The summed E-state index contributed by atoms with van der Waals surface area (Å²) >= 11 is -2.28. The van der Waals surface area contributed by atoms with Crippen LogP contribution >= 0.6 is 0 Å². The molecule has 1 N–H and O–H groups in total. The average Bonchev–Trinajstić information content (AvgIpc) is 1.38. The first-order valence-corrected chi connectivity index (χ1v) is 2.00. The predicted molar refractivity (Wildman–Crippen MR) is 17.7 cm³/mol. The molecule has 0 bridgehead atoms. The van der Waals surface area contributed by atoms with Crippen LogP contribution in [0.5, 0.6) is 0 Å². The Bertz CT molecular complexity index is 64.6. The van der Waals surface area contributed by atoms with E-state index in [0.717, 1.165) is 0 Å². The molecule has 0 rings (SSSR count). The van der Waals surface area contributed by atoms with E-state index in [-0.39, 0.29) is 22.4 Å². The van der Waals surface area contributed by atoms with Gasteiger partial charge in [-0.25, -0.2) is 0 Å². The minimum absolute atomic E-state index is 0. The van der Waals surface area contributed by atoms with E-state index in [1.165, 1.54) is 0 Å². The van der Waals surface area contributed by atoms with Crippen molar-refractivity contribution in [3.05, 3.63) is 0 Å². The first-order chi connectivity index (χ1) is 2.27. The first-order valence-electron chi connectivity index (χ1n) is 0.858. The SMILES string of the molecule is N=CS(=O)[O-].[Ag]. The van der Waals surface area contributed by atoms with Gasteiger partial charge in [-0.15, -0.1) is 0 Å². The second-order valence-electron chi connectivity index (χ2n) is 0.378. The Kier molecular flexibility index (Phi) is 8.95. The molecule has 0 saturated heterocycles. The third-order valence-corrected chi connectivity index (χ3v) is 0.289. The smallest absolute Gasteiger partial charge is 0.0679 e. The van der Waals surface area contributed by atoms with Crippen LogP contribution in [0.15, 0.2) is 0 Å². The van der Waals surface area contributed by atoms with Gasteiger partial charge in [-0.1, -0.05) is 0 Å². The van der Waals surface area contributed by atoms with Crippen LogP contribution in [0.4, 0.5) is 0 Å². The van der Waals surface area contributed by atoms with Gasteiger partial charge in [0.2, 0.25) is 0 Å². The molecule has 41 valence electrons. The zero-order valence-electron chi connectivity index (χ0n) is 2.60. The number of nitrogens with one attached hydrogen (secondary N) is 1. The molecule has 1 atom stereocenters. The van der Waals surface area contributed by atoms with E-state index in [2.05, 4.69) is 0 Å². The molecule has 0 heterocycles. The van der Waals surface area contributed by atoms with Crippen molar-refractivity contribution in [1.29, 1.82) is 5.41 Å². The maximum absolute atomic E-state index is 9.12. The Labute approximate surface area is 53.4 Å². The third kappa shape index (κ3) is 8.82. The summed E-state index contributed by atoms with van der Waals surface area (Å²) in [7, 11) is 0. The van der Waals surface area contributed by atoms with Gasteiger partial charge in [0.05, 0.1) is 5.55 Å². The molecular formula is CH2AgNO2S-. The molecule has 5 heteroatoms. The van der Waals surface area contributed by atoms with Gasteiger partial charge in [-0.2, -0.15) is 0 Å². The molecule has 3 nitrogen and oxygen atoms in total. The Morgan fingerprint density at radius 2 is 2.00 bits per heavy atom. The number of hydrogen-bond donors (Lipinski definition) is 1. The van der Waals surface area contributed by atoms with Crippen molar-refractivity contribution < 1.29 is 31.1 Å². The maximum Gasteiger partial charge on any atom is 0.0679 e. The van der Waals surface area contributed by atoms with Gasteiger partial charge >= 0.3 is 0 Å². The molecule has 0 aliphatic rings. The van der Waals surface area contributed by atoms with Gasteiger partial charge in [0.1, 0.15) is 0 Å². The molecular weight excluding hydrogens is 198 g/mol. The molecule has 0 aliphatic heterocycles. The molecule has 0 aliphatic carbocycles. The van der Waals surface area contributed by atoms with Gasteiger partial charge in [0.25, 0.3) is 0 Å². The largest absolute Gasteiger partial charge is 0.768 e. The van der Waals surface area contributed by atoms with E-state index in [9.17, 15) is 0 Å². The van der Waals surface area contributed by atoms with Crippen molar-refractivity contribution in [3.63, 3.8) is 0 Å². The van der Waals surface area contributed by atoms with Crippen LogP contribution in [0.3, 0.4) is 0 Å². The number of rotatable bonds is 1. The molecule has 0 aromatic rings. The topological polar surface area (TPSA) is 64.0 Å². The average molecular weight is 200 g/mol. The Morgan fingerprint density at radius 3 is 2.00 bits per heavy atom. The van der Waals surface area contributed by atoms with Crippen LogP contribution in [0, 0.1) is 5.41 Å². The Balaban J connectivity index is 0. The van der Waals surface area contributed by atoms with Crippen molar-refractivity contribution >= 4 is 16.6 Å². The van der Waals surface area contributed by atoms with Gasteiger partial charge < -0.3 is 9.96 Å². The summed E-state index contributed by atoms with van der Waals surface area (Å²) in [5, 5.41) is 5.92. The first kappa shape index (κ1) is 9.72. The van der Waals surface area contributed by atoms with E-state index in [4.69, 9.17) is 14.2 Å². The minimum atomic E-state index is -2.28. The van der Waals surface area contributed by atoms with E-state index < -0.39 is 11.1 Å². The van der Waals surface area contributed by atoms with Crippen molar-refractivity contribution in [2.45, 2.75) is 0 Å². The summed E-state index contributed by atoms with van der Waals surface area (Å²) in [4.78, 5) is 0. The molecule has 0 aromatic carbocycles. The molecule has 1 unspecified atom stereocenters. The molecule has 0 saturated carbocycles. The second-order valence-corrected chi connectivity index (χ2v) is 1.14. The molecule has 0 aromatic heterocycles. The van der Waals surface area contributed by atoms with Crippen LogP contribution in [0.25, 0.3) is 0 Å². The van der Waals surface area contributed by atoms with Crippen LogP contribution in [0.1, 0.15) is 0 Å². The summed E-state index contributed by atoms with van der Waals surface area (Å²) < 4.78 is 18.2. The van der Waals surface area contributed by atoms with Gasteiger partial charge in [0.15, 0.2) is 0 Å². The van der Waals surface area contributed by atoms with Gasteiger partial charge in [0, 0.05) is 22.4 Å². The van der Waals surface area contributed by atoms with E-state index in [1.54, 1.807) is 0 Å². The molecule has 1 radical (unpaired) electrons. The quantitative estimate of drug-likeness (QED) is 0.267. The van der Waals surface area contributed by atoms with E-state index >= 15 is 0 Å². The van der Waals surface area contributed by atoms with Gasteiger partial charge in [-0.3, -0.25) is 4.21 Å². The van der Waals surface area contributed by atoms with Crippen LogP contribution in [-0.4, -0.2) is 14.3 Å². The monoisotopic (exact) mass is 199 g/mol. The van der Waals surface area contributed by atoms with Crippen molar-refractivity contribution in [3.8, 4) is 0 Å². The number of hydrogen-bond acceptors (Lipinski definition) is 3. The predicted octanol–water partition coefficient (Wildman–Crippen LogP) is -0.530. The second kappa shape index (κ2) is 5.52. The molecule has 0 spiro atoms. The fourth-order valence-corrected chi connectivity index (χ4v) is 0. The van der Waals surface area contributed by atoms with Crippen LogP contribution in [-0.2, 0) is 33.5 Å². The Morgan fingerprint density at radius 1 is 1.83 bits per heavy atom. The van der Waals surface area contributed by atoms with Crippen LogP contribution in [0.2, 0.25) is 0 Å². The summed E-state index contributed by atoms with van der Waals surface area (Å²) in [6.07, 6.45) is 0. The van der Waals surface area contributed by atoms with Crippen molar-refractivity contribution in [1.82, 2.24) is 0 Å². The summed E-state index contributed by atoms with van der Waals surface area (Å²) in [5.41, 5.74) is 0.333. The summed E-state index contributed by atoms with van der Waals surface area (Å²) in [5.74, 6) is 0. The summed E-state index contributed by atoms with van der Waals surface area (Å²) in [6.45, 7) is 0.